The summed E-state index contributed by atoms with van der Waals surface area (Å²) < 4.78 is 39.2. The minimum Gasteiger partial charge on any atom is -0.232 e. The van der Waals surface area contributed by atoms with Crippen molar-refractivity contribution in [1.29, 1.82) is 0 Å². The molecule has 0 fully saturated rings. The third-order valence-corrected chi connectivity index (χ3v) is 2.14. The zero-order chi connectivity index (χ0) is 10.1. The Kier molecular flexibility index (Phi) is 2.37. The minimum absolute atomic E-state index is 0.00231. The van der Waals surface area contributed by atoms with Crippen LogP contribution in [0, 0.1) is 0 Å². The highest BCUT2D eigenvalue weighted by molar-refractivity contribution is 5.23. The third kappa shape index (κ3) is 1.85. The van der Waals surface area contributed by atoms with Gasteiger partial charge in [0.1, 0.15) is 0 Å². The summed E-state index contributed by atoms with van der Waals surface area (Å²) in [6.07, 6.45) is 0. The second-order valence-electron chi connectivity index (χ2n) is 3.26. The molecule has 3 heteroatoms. The molecule has 1 unspecified atom stereocenters. The van der Waals surface area contributed by atoms with E-state index in [4.69, 9.17) is 0 Å². The van der Waals surface area contributed by atoms with E-state index in [0.29, 0.717) is 6.92 Å². The fraction of sp³-hybridized carbons (Fsp3) is 0.400. The summed E-state index contributed by atoms with van der Waals surface area (Å²) >= 11 is 0. The van der Waals surface area contributed by atoms with Gasteiger partial charge >= 0.3 is 0 Å². The van der Waals surface area contributed by atoms with Crippen LogP contribution in [0.15, 0.2) is 30.3 Å². The molecule has 0 nitrogen and oxygen atoms in total. The topological polar surface area (TPSA) is 0 Å². The Morgan fingerprint density at radius 2 is 1.38 bits per heavy atom. The number of halogens is 3. The maximum absolute atomic E-state index is 13.6. The van der Waals surface area contributed by atoms with Gasteiger partial charge in [-0.1, -0.05) is 30.3 Å². The van der Waals surface area contributed by atoms with E-state index in [0.717, 1.165) is 6.92 Å². The van der Waals surface area contributed by atoms with Crippen molar-refractivity contribution in [3.05, 3.63) is 35.9 Å². The van der Waals surface area contributed by atoms with Crippen LogP contribution in [-0.2, 0) is 5.67 Å². The lowest BCUT2D eigenvalue weighted by Gasteiger charge is -2.27. The Balaban J connectivity index is 3.08. The normalized spacial score (nSPS) is 16.7. The maximum atomic E-state index is 13.6. The lowest BCUT2D eigenvalue weighted by molar-refractivity contribution is -0.119. The van der Waals surface area contributed by atoms with E-state index < -0.39 is 11.6 Å². The summed E-state index contributed by atoms with van der Waals surface area (Å²) in [5, 5.41) is 0. The molecule has 0 bridgehead atoms. The SMILES string of the molecule is CC(F)(F)C(C)(F)c1ccccc1. The van der Waals surface area contributed by atoms with Crippen molar-refractivity contribution in [3.63, 3.8) is 0 Å². The number of hydrogen-bond donors (Lipinski definition) is 0. The maximum Gasteiger partial charge on any atom is 0.282 e. The molecule has 0 saturated carbocycles. The summed E-state index contributed by atoms with van der Waals surface area (Å²) in [6, 6.07) is 7.46. The predicted molar refractivity (Wildman–Crippen MR) is 45.5 cm³/mol. The molecule has 0 saturated heterocycles. The number of rotatable bonds is 2. The molecule has 0 aromatic heterocycles. The van der Waals surface area contributed by atoms with E-state index in [1.807, 2.05) is 0 Å². The van der Waals surface area contributed by atoms with Crippen molar-refractivity contribution in [3.8, 4) is 0 Å². The highest BCUT2D eigenvalue weighted by Gasteiger charge is 2.47. The van der Waals surface area contributed by atoms with Crippen molar-refractivity contribution in [2.24, 2.45) is 0 Å². The summed E-state index contributed by atoms with van der Waals surface area (Å²) in [6.45, 7) is 1.47. The molecule has 1 rings (SSSR count). The first kappa shape index (κ1) is 10.1. The summed E-state index contributed by atoms with van der Waals surface area (Å²) in [4.78, 5) is 0. The first-order valence-corrected chi connectivity index (χ1v) is 3.98. The summed E-state index contributed by atoms with van der Waals surface area (Å²) in [5.41, 5.74) is -2.60. The molecule has 72 valence electrons. The first-order chi connectivity index (χ1) is 5.86. The average Bonchev–Trinajstić information content (AvgIpc) is 2.04. The van der Waals surface area contributed by atoms with Gasteiger partial charge in [-0.05, 0) is 12.5 Å². The number of benzene rings is 1. The Labute approximate surface area is 75.4 Å². The van der Waals surface area contributed by atoms with Crippen molar-refractivity contribution < 1.29 is 13.2 Å². The van der Waals surface area contributed by atoms with Gasteiger partial charge in [0, 0.05) is 6.92 Å². The van der Waals surface area contributed by atoms with E-state index in [9.17, 15) is 13.2 Å². The highest BCUT2D eigenvalue weighted by atomic mass is 19.3. The minimum atomic E-state index is -3.37. The molecule has 13 heavy (non-hydrogen) atoms. The highest BCUT2D eigenvalue weighted by Crippen LogP contribution is 2.40. The Morgan fingerprint density at radius 1 is 0.923 bits per heavy atom. The lowest BCUT2D eigenvalue weighted by Crippen LogP contribution is -2.36. The molecule has 1 aromatic rings. The van der Waals surface area contributed by atoms with E-state index in [-0.39, 0.29) is 5.56 Å². The van der Waals surface area contributed by atoms with Crippen molar-refractivity contribution in [2.45, 2.75) is 25.4 Å². The second kappa shape index (κ2) is 3.05. The van der Waals surface area contributed by atoms with Gasteiger partial charge in [-0.25, -0.2) is 13.2 Å². The Hall–Kier alpha value is -0.990. The van der Waals surface area contributed by atoms with Gasteiger partial charge in [0.15, 0.2) is 5.67 Å². The quantitative estimate of drug-likeness (QED) is 0.666. The molecular formula is C10H11F3. The van der Waals surface area contributed by atoms with Crippen molar-refractivity contribution in [1.82, 2.24) is 0 Å². The molecule has 0 heterocycles. The zero-order valence-electron chi connectivity index (χ0n) is 7.52. The van der Waals surface area contributed by atoms with Crippen LogP contribution >= 0.6 is 0 Å². The van der Waals surface area contributed by atoms with Gasteiger partial charge < -0.3 is 0 Å². The van der Waals surface area contributed by atoms with Gasteiger partial charge in [-0.2, -0.15) is 0 Å². The molecular weight excluding hydrogens is 177 g/mol. The van der Waals surface area contributed by atoms with Crippen LogP contribution in [-0.4, -0.2) is 5.92 Å². The van der Waals surface area contributed by atoms with Gasteiger partial charge in [0.05, 0.1) is 0 Å². The fourth-order valence-corrected chi connectivity index (χ4v) is 1.00. The van der Waals surface area contributed by atoms with Crippen LogP contribution < -0.4 is 0 Å². The lowest BCUT2D eigenvalue weighted by atomic mass is 9.92. The average molecular weight is 188 g/mol. The zero-order valence-corrected chi connectivity index (χ0v) is 7.52. The van der Waals surface area contributed by atoms with E-state index >= 15 is 0 Å². The Bertz CT molecular complexity index is 272. The van der Waals surface area contributed by atoms with Crippen LogP contribution in [0.4, 0.5) is 13.2 Å². The van der Waals surface area contributed by atoms with Crippen LogP contribution in [0.1, 0.15) is 19.4 Å². The molecule has 1 aromatic carbocycles. The third-order valence-electron chi connectivity index (χ3n) is 2.14. The van der Waals surface area contributed by atoms with Crippen LogP contribution in [0.2, 0.25) is 0 Å². The number of alkyl halides is 3. The molecule has 0 aliphatic carbocycles. The van der Waals surface area contributed by atoms with E-state index in [1.165, 1.54) is 12.1 Å². The summed E-state index contributed by atoms with van der Waals surface area (Å²) in [5.74, 6) is -3.37. The fourth-order valence-electron chi connectivity index (χ4n) is 1.00. The number of hydrogen-bond acceptors (Lipinski definition) is 0. The predicted octanol–water partition coefficient (Wildman–Crippen LogP) is 3.53. The summed E-state index contributed by atoms with van der Waals surface area (Å²) in [7, 11) is 0. The molecule has 0 aliphatic rings. The van der Waals surface area contributed by atoms with Crippen LogP contribution in [0.3, 0.4) is 0 Å². The molecule has 0 N–H and O–H groups in total. The van der Waals surface area contributed by atoms with Crippen LogP contribution in [0.25, 0.3) is 0 Å². The molecule has 0 aliphatic heterocycles. The van der Waals surface area contributed by atoms with Gasteiger partial charge in [-0.3, -0.25) is 0 Å². The first-order valence-electron chi connectivity index (χ1n) is 3.98. The Morgan fingerprint density at radius 3 is 1.77 bits per heavy atom. The van der Waals surface area contributed by atoms with Crippen molar-refractivity contribution in [2.75, 3.05) is 0 Å². The molecule has 0 radical (unpaired) electrons. The van der Waals surface area contributed by atoms with Gasteiger partial charge in [0.2, 0.25) is 0 Å². The van der Waals surface area contributed by atoms with Crippen LogP contribution in [0.5, 0.6) is 0 Å². The van der Waals surface area contributed by atoms with Gasteiger partial charge in [0.25, 0.3) is 5.92 Å². The standard InChI is InChI=1S/C10H11F3/c1-9(11,10(2,12)13)8-6-4-3-5-7-8/h3-7H,1-2H3. The molecule has 1 atom stereocenters. The van der Waals surface area contributed by atoms with E-state index in [1.54, 1.807) is 18.2 Å². The smallest absolute Gasteiger partial charge is 0.232 e. The van der Waals surface area contributed by atoms with E-state index in [2.05, 4.69) is 0 Å². The van der Waals surface area contributed by atoms with Gasteiger partial charge in [-0.15, -0.1) is 0 Å². The molecule has 0 amide bonds. The second-order valence-corrected chi connectivity index (χ2v) is 3.26. The van der Waals surface area contributed by atoms with Crippen molar-refractivity contribution >= 4 is 0 Å². The molecule has 0 spiro atoms. The largest absolute Gasteiger partial charge is 0.282 e. The monoisotopic (exact) mass is 188 g/mol.